The summed E-state index contributed by atoms with van der Waals surface area (Å²) in [6, 6.07) is 8.18. The first-order valence-corrected chi connectivity index (χ1v) is 17.2. The Balaban J connectivity index is 0.00000165. The Morgan fingerprint density at radius 3 is 1.79 bits per heavy atom. The van der Waals surface area contributed by atoms with Crippen LogP contribution in [0.4, 0.5) is 0 Å². The molecule has 0 radical (unpaired) electrons. The molecule has 1 atom stereocenters. The molecule has 0 heterocycles. The molecule has 0 N–H and O–H groups in total. The van der Waals surface area contributed by atoms with Crippen molar-refractivity contribution in [1.82, 2.24) is 0 Å². The van der Waals surface area contributed by atoms with E-state index in [1.807, 2.05) is 12.1 Å². The number of unbranched alkanes of at least 4 members (excludes halogenated alkanes) is 8. The molecular formula is C22H38Cl3O2Ru. The molecule has 0 spiro atoms. The number of methoxy groups -OCH3 is 1. The maximum atomic E-state index is 6.08. The molecule has 0 aliphatic rings. The molecule has 0 fully saturated rings. The zero-order chi connectivity index (χ0) is 21.0. The van der Waals surface area contributed by atoms with Gasteiger partial charge in [0.25, 0.3) is 0 Å². The predicted molar refractivity (Wildman–Crippen MR) is 121 cm³/mol. The first-order chi connectivity index (χ1) is 13.5. The summed E-state index contributed by atoms with van der Waals surface area (Å²) in [6.07, 6.45) is 15.2. The summed E-state index contributed by atoms with van der Waals surface area (Å²) in [5.74, 6) is 0.903. The van der Waals surface area contributed by atoms with E-state index in [2.05, 4.69) is 26.0 Å². The van der Waals surface area contributed by atoms with Crippen molar-refractivity contribution in [3.05, 3.63) is 29.8 Å². The summed E-state index contributed by atoms with van der Waals surface area (Å²) in [4.78, 5) is 0. The normalized spacial score (nSPS) is 12.1. The average Bonchev–Trinajstić information content (AvgIpc) is 2.69. The standard InChI is InChI=1S/C22H38O2.3ClH.Ru/c1-4-6-7-8-9-10-11-12-13-14-21(5-2)24-19-20-15-17-22(23-3)18-16-20;;;;/h15-18,21H,4-14,19H2,1-3H3;3*1H;/q;;;;+3/p-3/t21-;;;;/m1..../s1. The number of halogens is 3. The minimum atomic E-state index is -1.75. The van der Waals surface area contributed by atoms with Crippen molar-refractivity contribution in [2.24, 2.45) is 0 Å². The van der Waals surface area contributed by atoms with Crippen molar-refractivity contribution in [2.45, 2.75) is 97.2 Å². The molecule has 2 nitrogen and oxygen atoms in total. The SMILES string of the molecule is CCCCCCCCCCC[C@@H](CC)OCc1ccc(OC)cc1.[Cl][Ru]([Cl])[Cl]. The second kappa shape index (κ2) is 20.7. The van der Waals surface area contributed by atoms with Gasteiger partial charge < -0.3 is 9.47 Å². The number of hydrogen-bond donors (Lipinski definition) is 0. The van der Waals surface area contributed by atoms with Gasteiger partial charge in [-0.15, -0.1) is 0 Å². The second-order valence-electron chi connectivity index (χ2n) is 6.96. The van der Waals surface area contributed by atoms with Crippen LogP contribution in [0.15, 0.2) is 24.3 Å². The Morgan fingerprint density at radius 2 is 1.32 bits per heavy atom. The van der Waals surface area contributed by atoms with E-state index >= 15 is 0 Å². The third-order valence-electron chi connectivity index (χ3n) is 4.73. The fourth-order valence-electron chi connectivity index (χ4n) is 3.02. The van der Waals surface area contributed by atoms with E-state index in [1.165, 1.54) is 69.8 Å². The number of hydrogen-bond acceptors (Lipinski definition) is 2. The summed E-state index contributed by atoms with van der Waals surface area (Å²) in [6.45, 7) is 5.22. The molecule has 0 aliphatic carbocycles. The van der Waals surface area contributed by atoms with Crippen molar-refractivity contribution in [3.63, 3.8) is 0 Å². The van der Waals surface area contributed by atoms with Crippen LogP contribution in [0.5, 0.6) is 5.75 Å². The Morgan fingerprint density at radius 1 is 0.821 bits per heavy atom. The van der Waals surface area contributed by atoms with Gasteiger partial charge in [0.2, 0.25) is 0 Å². The summed E-state index contributed by atoms with van der Waals surface area (Å²) < 4.78 is 11.3. The zero-order valence-electron chi connectivity index (χ0n) is 17.7. The molecule has 0 bridgehead atoms. The fraction of sp³-hybridized carbons (Fsp3) is 0.727. The van der Waals surface area contributed by atoms with Gasteiger partial charge in [-0.05, 0) is 30.5 Å². The molecule has 167 valence electrons. The third kappa shape index (κ3) is 18.5. The molecular weight excluding hydrogens is 504 g/mol. The van der Waals surface area contributed by atoms with Crippen LogP contribution in [0, 0.1) is 0 Å². The molecule has 0 saturated carbocycles. The molecule has 1 rings (SSSR count). The zero-order valence-corrected chi connectivity index (χ0v) is 21.7. The van der Waals surface area contributed by atoms with Gasteiger partial charge in [-0.3, -0.25) is 0 Å². The van der Waals surface area contributed by atoms with Crippen LogP contribution in [0.25, 0.3) is 0 Å². The molecule has 28 heavy (non-hydrogen) atoms. The molecule has 1 aromatic rings. The van der Waals surface area contributed by atoms with Crippen molar-refractivity contribution in [2.75, 3.05) is 7.11 Å². The number of benzene rings is 1. The van der Waals surface area contributed by atoms with Crippen molar-refractivity contribution < 1.29 is 22.5 Å². The average molecular weight is 542 g/mol. The van der Waals surface area contributed by atoms with Crippen LogP contribution in [-0.4, -0.2) is 13.2 Å². The fourth-order valence-corrected chi connectivity index (χ4v) is 3.02. The Kier molecular flexibility index (Phi) is 21.1. The van der Waals surface area contributed by atoms with E-state index in [4.69, 9.17) is 38.5 Å². The summed E-state index contributed by atoms with van der Waals surface area (Å²) in [7, 11) is 16.5. The molecule has 0 aliphatic heterocycles. The van der Waals surface area contributed by atoms with Crippen LogP contribution >= 0.6 is 29.1 Å². The Labute approximate surface area is 190 Å². The molecule has 1 aromatic carbocycles. The van der Waals surface area contributed by atoms with E-state index < -0.39 is 13.0 Å². The summed E-state index contributed by atoms with van der Waals surface area (Å²) in [5.41, 5.74) is 1.22. The molecule has 6 heteroatoms. The van der Waals surface area contributed by atoms with Crippen LogP contribution in [0.1, 0.15) is 90.0 Å². The van der Waals surface area contributed by atoms with E-state index in [0.717, 1.165) is 12.2 Å². The van der Waals surface area contributed by atoms with Crippen molar-refractivity contribution >= 4 is 29.1 Å². The van der Waals surface area contributed by atoms with Gasteiger partial charge in [0, 0.05) is 0 Å². The van der Waals surface area contributed by atoms with Crippen LogP contribution in [-0.2, 0) is 24.3 Å². The minimum absolute atomic E-state index is 0.400. The van der Waals surface area contributed by atoms with Gasteiger partial charge in [-0.1, -0.05) is 83.8 Å². The third-order valence-corrected chi connectivity index (χ3v) is 4.73. The van der Waals surface area contributed by atoms with Gasteiger partial charge in [-0.2, -0.15) is 0 Å². The molecule has 0 unspecified atom stereocenters. The first-order valence-electron chi connectivity index (χ1n) is 10.4. The van der Waals surface area contributed by atoms with Gasteiger partial charge in [0.05, 0.1) is 19.8 Å². The van der Waals surface area contributed by atoms with E-state index in [-0.39, 0.29) is 0 Å². The Bertz CT molecular complexity index is 441. The van der Waals surface area contributed by atoms with Crippen molar-refractivity contribution in [1.29, 1.82) is 0 Å². The summed E-state index contributed by atoms with van der Waals surface area (Å²) in [5, 5.41) is 0. The van der Waals surface area contributed by atoms with Crippen LogP contribution in [0.2, 0.25) is 0 Å². The number of ether oxygens (including phenoxy) is 2. The maximum absolute atomic E-state index is 6.08. The Hall–Kier alpha value is 0.473. The van der Waals surface area contributed by atoms with Crippen molar-refractivity contribution in [3.8, 4) is 5.75 Å². The molecule has 0 saturated heterocycles. The van der Waals surface area contributed by atoms with Gasteiger partial charge in [-0.25, -0.2) is 0 Å². The summed E-state index contributed by atoms with van der Waals surface area (Å²) >= 11 is -1.75. The monoisotopic (exact) mass is 541 g/mol. The van der Waals surface area contributed by atoms with Crippen LogP contribution in [0.3, 0.4) is 0 Å². The van der Waals surface area contributed by atoms with Crippen LogP contribution < -0.4 is 4.74 Å². The van der Waals surface area contributed by atoms with E-state index in [1.54, 1.807) is 7.11 Å². The first kappa shape index (κ1) is 28.5. The van der Waals surface area contributed by atoms with Gasteiger partial charge in [0.15, 0.2) is 0 Å². The quantitative estimate of drug-likeness (QED) is 0.163. The van der Waals surface area contributed by atoms with Gasteiger partial charge in [0.1, 0.15) is 5.75 Å². The molecule has 0 amide bonds. The topological polar surface area (TPSA) is 18.5 Å². The predicted octanol–water partition coefficient (Wildman–Crippen LogP) is 8.98. The number of rotatable bonds is 15. The second-order valence-corrected chi connectivity index (χ2v) is 14.9. The molecule has 0 aromatic heterocycles. The van der Waals surface area contributed by atoms with E-state index in [9.17, 15) is 0 Å². The van der Waals surface area contributed by atoms with Gasteiger partial charge >= 0.3 is 42.1 Å². The van der Waals surface area contributed by atoms with E-state index in [0.29, 0.717) is 12.7 Å².